The summed E-state index contributed by atoms with van der Waals surface area (Å²) in [6, 6.07) is 57.1. The minimum absolute atomic E-state index is 0.000831. The van der Waals surface area contributed by atoms with Gasteiger partial charge in [0.1, 0.15) is 9.84 Å². The number of carbonyl (C=O) groups is 5. The number of carbonyl (C=O) groups excluding carboxylic acids is 5. The Hall–Kier alpha value is -14.1. The zero-order valence-corrected chi connectivity index (χ0v) is 81.8. The predicted molar refractivity (Wildman–Crippen MR) is 542 cm³/mol. The first-order valence-corrected chi connectivity index (χ1v) is 54.3. The third-order valence-electron chi connectivity index (χ3n) is 27.4. The summed E-state index contributed by atoms with van der Waals surface area (Å²) in [7, 11) is -9.77. The molecule has 1 unspecified atom stereocenters. The van der Waals surface area contributed by atoms with Gasteiger partial charge in [0, 0.05) is 166 Å². The fraction of sp³-hybridized carbons (Fsp3) is 0.364. The van der Waals surface area contributed by atoms with Crippen molar-refractivity contribution >= 4 is 81.3 Å². The normalized spacial score (nSPS) is 19.9. The lowest BCUT2D eigenvalue weighted by molar-refractivity contribution is -0.120. The number of nitrogens with zero attached hydrogens (tertiary/aromatic N) is 2. The maximum absolute atomic E-state index is 12.6. The highest BCUT2D eigenvalue weighted by molar-refractivity contribution is 7.91. The summed E-state index contributed by atoms with van der Waals surface area (Å²) < 4.78 is 71.1. The fourth-order valence-electron chi connectivity index (χ4n) is 18.7. The van der Waals surface area contributed by atoms with Gasteiger partial charge < -0.3 is 56.6 Å². The molecule has 0 bridgehead atoms. The molecule has 5 aliphatic carbocycles. The average molecular weight is 1970 g/mol. The Morgan fingerprint density at radius 1 is 0.380 bits per heavy atom. The molecule has 6 atom stereocenters. The van der Waals surface area contributed by atoms with Crippen molar-refractivity contribution in [3.63, 3.8) is 0 Å². The summed E-state index contributed by atoms with van der Waals surface area (Å²) in [5.74, 6) is 2.00. The number of hydrogen-bond donors (Lipinski definition) is 11. The number of aryl methyl sites for hydroxylation is 2. The lowest BCUT2D eigenvalue weighted by atomic mass is 9.87. The van der Waals surface area contributed by atoms with Crippen molar-refractivity contribution in [3.05, 3.63) is 358 Å². The van der Waals surface area contributed by atoms with Gasteiger partial charge in [0.25, 0.3) is 27.8 Å². The number of H-pyrrole nitrogens is 5. The van der Waals surface area contributed by atoms with E-state index in [1.807, 2.05) is 140 Å². The lowest BCUT2D eigenvalue weighted by Gasteiger charge is -2.22. The highest BCUT2D eigenvalue weighted by Gasteiger charge is 2.35. The third-order valence-corrected chi connectivity index (χ3v) is 31.2. The van der Waals surface area contributed by atoms with E-state index >= 15 is 0 Å². The molecule has 0 radical (unpaired) electrons. The SMILES string of the molecule is CS(=O)(=O)CCc1ccc(/C(=C\[C@H]2CCC(=O)N2)c2ccc(C3CC3)c(=O)[nH]2)cc1.CS(=O)(=O)c1ccc(/C(=C\[C@H]2CCC(=O)N2)c2ccc(C3CC3)c(=O)[nH]2)cc1.Cc1cc(/C(=C\[C@H]2CCC(=O)N2)c2ccc(C3CC3)c(=O)[nH]2)ccc1C#N.N#Cc1ccc(C(C[C@H]2CCC(=O)N2)c2ccc(C3CC3)c(=O)[nH]2)cc1.O=C1CC[C@H](/C=C(\c2ccc(S(=O)(=O)CCCO)cc2)c2ccc(C3CC3)c(=O)[nH]2)N1. The number of aliphatic hydroxyl groups excluding tert-OH is 1. The smallest absolute Gasteiger partial charge is 0.251 e. The van der Waals surface area contributed by atoms with Gasteiger partial charge in [-0.3, -0.25) is 47.9 Å². The Kier molecular flexibility index (Phi) is 31.6. The Balaban J connectivity index is 0.000000128. The number of nitriles is 2. The van der Waals surface area contributed by atoms with Gasteiger partial charge >= 0.3 is 0 Å². The van der Waals surface area contributed by atoms with Gasteiger partial charge in [-0.25, -0.2) is 25.3 Å². The Bertz CT molecular complexity index is 7410. The van der Waals surface area contributed by atoms with Crippen LogP contribution in [0.25, 0.3) is 22.3 Å². The van der Waals surface area contributed by atoms with Crippen molar-refractivity contribution in [1.29, 1.82) is 10.5 Å². The highest BCUT2D eigenvalue weighted by Crippen LogP contribution is 2.44. The van der Waals surface area contributed by atoms with Crippen molar-refractivity contribution in [2.45, 2.75) is 230 Å². The van der Waals surface area contributed by atoms with E-state index in [0.29, 0.717) is 103 Å². The van der Waals surface area contributed by atoms with E-state index in [1.165, 1.54) is 12.5 Å². The molecule has 20 rings (SSSR count). The summed E-state index contributed by atoms with van der Waals surface area (Å²) in [6.45, 7) is 1.72. The molecule has 5 aliphatic heterocycles. The maximum atomic E-state index is 12.6. The van der Waals surface area contributed by atoms with Gasteiger partial charge in [-0.1, -0.05) is 127 Å². The molecular formula is C110H116N12O17S3. The second-order valence-electron chi connectivity index (χ2n) is 38.6. The summed E-state index contributed by atoms with van der Waals surface area (Å²) >= 11 is 0. The molecule has 29 nitrogen and oxygen atoms in total. The standard InChI is InChI=1S/C23H26N2O5S.C23H26N2O4S.C22H21N3O2.C21H21N3O2.C21H22N2O4S/c26-12-1-13-31(29,30)18-7-4-16(5-8-18)20(14-17-6-11-22(27)24-17)21-10-9-19(15-2-3-15)23(28)25-21;1-30(28,29)13-12-15-2-4-17(5-3-15)20(14-18-8-11-22(26)24-18)21-10-9-19(16-6-7-16)23(27)25-21;1-13-10-15(4-5-16(13)12-23)19(11-17-6-9-21(26)24-17)20-8-7-18(14-2-3-14)22(27)25-20;22-12-13-1-3-15(4-2-13)18(11-16-7-10-20(25)23-16)19-9-8-17(14-5-6-14)21(26)24-19;1-28(26,27)16-7-4-14(5-8-16)18(12-15-6-11-20(24)22-15)19-10-9-17(13-2-3-13)21(25)23-19/h4-5,7-10,14-15,17,26H,1-3,6,11-13H2,(H,24,27)(H,25,28);2-5,9-10,14,16,18H,6-8,11-13H2,1H3,(H,24,26)(H,25,27);4-5,7-8,10-11,14,17H,2-3,6,9H2,1H3,(H,24,26)(H,25,27);1-4,8-9,14,16,18H,5-7,10-11H2,(H,23,25)(H,24,26);4-5,7-10,12-13,15H,2-3,6,11H2,1H3,(H,22,24)(H,23,25)/b2*20-14+;19-11+;;18-12+/t17-;18-;17-;16-,18?;15-/m11111/s1. The number of rotatable bonds is 29. The van der Waals surface area contributed by atoms with Crippen LogP contribution in [0.15, 0.2) is 234 Å². The van der Waals surface area contributed by atoms with Crippen LogP contribution < -0.4 is 54.4 Å². The van der Waals surface area contributed by atoms with Gasteiger partial charge in [-0.2, -0.15) is 10.5 Å². The summed E-state index contributed by atoms with van der Waals surface area (Å²) in [5.41, 5.74) is 18.2. The third kappa shape index (κ3) is 26.8. The molecule has 5 amide bonds. The molecular weight excluding hydrogens is 1860 g/mol. The number of hydrogen-bond acceptors (Lipinski definition) is 19. The van der Waals surface area contributed by atoms with Crippen LogP contribution in [-0.2, 0) is 59.9 Å². The summed E-state index contributed by atoms with van der Waals surface area (Å²) in [6.07, 6.45) is 28.4. The Morgan fingerprint density at radius 3 is 1.04 bits per heavy atom. The van der Waals surface area contributed by atoms with Crippen LogP contribution in [-0.4, -0.2) is 146 Å². The highest BCUT2D eigenvalue weighted by atomic mass is 32.2. The molecule has 10 aromatic rings. The van der Waals surface area contributed by atoms with Gasteiger partial charge in [0.05, 0.1) is 44.6 Å². The number of aromatic amines is 5. The van der Waals surface area contributed by atoms with E-state index in [9.17, 15) is 78.5 Å². The zero-order chi connectivity index (χ0) is 100. The van der Waals surface area contributed by atoms with Crippen molar-refractivity contribution in [3.8, 4) is 12.1 Å². The molecule has 5 saturated heterocycles. The van der Waals surface area contributed by atoms with E-state index in [4.69, 9.17) is 10.4 Å². The van der Waals surface area contributed by atoms with Crippen LogP contribution in [0.4, 0.5) is 0 Å². The quantitative estimate of drug-likeness (QED) is 0.0207. The van der Waals surface area contributed by atoms with Crippen LogP contribution in [0.3, 0.4) is 0 Å². The number of aliphatic hydroxyl groups is 1. The van der Waals surface area contributed by atoms with E-state index in [0.717, 1.165) is 196 Å². The van der Waals surface area contributed by atoms with Gasteiger partial charge in [-0.15, -0.1) is 0 Å². The average Bonchev–Trinajstić information content (AvgIpc) is 1.46. The van der Waals surface area contributed by atoms with Crippen molar-refractivity contribution in [1.82, 2.24) is 51.5 Å². The number of benzene rings is 5. The number of nitrogens with one attached hydrogen (secondary N) is 10. The van der Waals surface area contributed by atoms with Crippen molar-refractivity contribution < 1.29 is 54.3 Å². The molecule has 10 fully saturated rings. The van der Waals surface area contributed by atoms with Crippen LogP contribution in [0.2, 0.25) is 0 Å². The first kappa shape index (κ1) is 101. The van der Waals surface area contributed by atoms with Gasteiger partial charge in [0.15, 0.2) is 19.7 Å². The second kappa shape index (κ2) is 44.4. The van der Waals surface area contributed by atoms with E-state index in [2.05, 4.69) is 63.6 Å². The first-order valence-electron chi connectivity index (χ1n) is 48.7. The number of aromatic nitrogens is 5. The number of amides is 5. The van der Waals surface area contributed by atoms with E-state index in [1.54, 1.807) is 66.7 Å². The molecule has 736 valence electrons. The van der Waals surface area contributed by atoms with Crippen LogP contribution >= 0.6 is 0 Å². The zero-order valence-electron chi connectivity index (χ0n) is 79.4. The number of pyridine rings is 5. The van der Waals surface area contributed by atoms with Gasteiger partial charge in [0.2, 0.25) is 29.5 Å². The Morgan fingerprint density at radius 2 is 0.725 bits per heavy atom. The first-order chi connectivity index (χ1) is 68.1. The Labute approximate surface area is 823 Å². The van der Waals surface area contributed by atoms with Crippen LogP contribution in [0.1, 0.15) is 283 Å². The minimum Gasteiger partial charge on any atom is -0.396 e. The predicted octanol–water partition coefficient (Wildman–Crippen LogP) is 13.1. The summed E-state index contributed by atoms with van der Waals surface area (Å²) in [5, 5.41) is 41.9. The van der Waals surface area contributed by atoms with E-state index < -0.39 is 29.5 Å². The fourth-order valence-corrected chi connectivity index (χ4v) is 21.2. The second-order valence-corrected chi connectivity index (χ2v) is 45.0. The van der Waals surface area contributed by atoms with E-state index in [-0.39, 0.29) is 128 Å². The lowest BCUT2D eigenvalue weighted by Crippen LogP contribution is -2.28. The molecule has 0 spiro atoms. The molecule has 10 aliphatic rings. The molecule has 142 heavy (non-hydrogen) atoms. The molecule has 11 N–H and O–H groups in total. The maximum Gasteiger partial charge on any atom is 0.251 e. The van der Waals surface area contributed by atoms with Crippen molar-refractivity contribution in [2.24, 2.45) is 0 Å². The van der Waals surface area contributed by atoms with Crippen LogP contribution in [0, 0.1) is 29.6 Å². The van der Waals surface area contributed by atoms with Crippen molar-refractivity contribution in [2.75, 3.05) is 30.6 Å². The number of sulfone groups is 3. The van der Waals surface area contributed by atoms with Gasteiger partial charge in [-0.05, 0) is 264 Å². The minimum atomic E-state index is -3.47. The monoisotopic (exact) mass is 1970 g/mol. The van der Waals surface area contributed by atoms with Crippen LogP contribution in [0.5, 0.6) is 0 Å². The largest absolute Gasteiger partial charge is 0.396 e. The molecule has 5 aromatic heterocycles. The molecule has 5 aromatic carbocycles. The molecule has 5 saturated carbocycles. The molecule has 10 heterocycles. The molecule has 32 heteroatoms. The summed E-state index contributed by atoms with van der Waals surface area (Å²) in [4.78, 5) is 136. The topological polar surface area (TPSA) is 480 Å².